The van der Waals surface area contributed by atoms with Gasteiger partial charge in [0.05, 0.1) is 0 Å². The predicted molar refractivity (Wildman–Crippen MR) is 31.6 cm³/mol. The van der Waals surface area contributed by atoms with Crippen LogP contribution in [0.25, 0.3) is 0 Å². The summed E-state index contributed by atoms with van der Waals surface area (Å²) in [5.41, 5.74) is 0. The molecule has 0 saturated heterocycles. The number of esters is 1. The van der Waals surface area contributed by atoms with Crippen molar-refractivity contribution in [1.29, 1.82) is 0 Å². The van der Waals surface area contributed by atoms with Crippen LogP contribution in [0.1, 0.15) is 13.8 Å². The van der Waals surface area contributed by atoms with Crippen LogP contribution in [0.15, 0.2) is 11.8 Å². The van der Waals surface area contributed by atoms with E-state index < -0.39 is 12.1 Å². The summed E-state index contributed by atoms with van der Waals surface area (Å²) in [5, 5.41) is 0. The number of alkyl halides is 3. The standard InChI is InChI=1S/C6H7F3O2/c1-3-4(2)11-5(10)6(7,8)9/h3H,1-2H3/b4-3+. The summed E-state index contributed by atoms with van der Waals surface area (Å²) < 4.78 is 38.2. The van der Waals surface area contributed by atoms with Gasteiger partial charge >= 0.3 is 12.1 Å². The van der Waals surface area contributed by atoms with Gasteiger partial charge in [0.2, 0.25) is 0 Å². The molecule has 0 bridgehead atoms. The average molecular weight is 168 g/mol. The van der Waals surface area contributed by atoms with Gasteiger partial charge in [0.1, 0.15) is 5.76 Å². The van der Waals surface area contributed by atoms with Gasteiger partial charge in [0.25, 0.3) is 0 Å². The monoisotopic (exact) mass is 168 g/mol. The van der Waals surface area contributed by atoms with Gasteiger partial charge in [0.15, 0.2) is 0 Å². The number of rotatable bonds is 1. The summed E-state index contributed by atoms with van der Waals surface area (Å²) in [4.78, 5) is 10.0. The van der Waals surface area contributed by atoms with Gasteiger partial charge in [-0.05, 0) is 19.9 Å². The number of hydrogen-bond acceptors (Lipinski definition) is 2. The van der Waals surface area contributed by atoms with Gasteiger partial charge in [-0.2, -0.15) is 13.2 Å². The molecule has 0 spiro atoms. The van der Waals surface area contributed by atoms with Crippen LogP contribution in [-0.2, 0) is 9.53 Å². The molecule has 0 aromatic heterocycles. The topological polar surface area (TPSA) is 26.3 Å². The van der Waals surface area contributed by atoms with Crippen molar-refractivity contribution in [2.45, 2.75) is 20.0 Å². The van der Waals surface area contributed by atoms with E-state index in [1.807, 2.05) is 0 Å². The molecule has 0 aliphatic heterocycles. The van der Waals surface area contributed by atoms with Crippen molar-refractivity contribution in [3.63, 3.8) is 0 Å². The van der Waals surface area contributed by atoms with E-state index >= 15 is 0 Å². The van der Waals surface area contributed by atoms with Crippen LogP contribution < -0.4 is 0 Å². The van der Waals surface area contributed by atoms with Crippen LogP contribution >= 0.6 is 0 Å². The van der Waals surface area contributed by atoms with Crippen molar-refractivity contribution in [3.8, 4) is 0 Å². The lowest BCUT2D eigenvalue weighted by Gasteiger charge is -2.05. The number of allylic oxidation sites excluding steroid dienone is 2. The van der Waals surface area contributed by atoms with Crippen molar-refractivity contribution >= 4 is 5.97 Å². The summed E-state index contributed by atoms with van der Waals surface area (Å²) in [6, 6.07) is 0. The maximum absolute atomic E-state index is 11.4. The van der Waals surface area contributed by atoms with Gasteiger partial charge in [-0.3, -0.25) is 0 Å². The zero-order chi connectivity index (χ0) is 9.07. The molecular weight excluding hydrogens is 161 g/mol. The van der Waals surface area contributed by atoms with Crippen molar-refractivity contribution < 1.29 is 22.7 Å². The highest BCUT2D eigenvalue weighted by molar-refractivity contribution is 5.76. The molecule has 2 nitrogen and oxygen atoms in total. The third kappa shape index (κ3) is 3.64. The van der Waals surface area contributed by atoms with E-state index in [2.05, 4.69) is 4.74 Å². The molecule has 0 N–H and O–H groups in total. The Balaban J connectivity index is 4.10. The van der Waals surface area contributed by atoms with E-state index in [1.165, 1.54) is 19.9 Å². The maximum atomic E-state index is 11.4. The summed E-state index contributed by atoms with van der Waals surface area (Å²) in [5.74, 6) is -2.25. The number of halogens is 3. The van der Waals surface area contributed by atoms with Crippen LogP contribution in [0.2, 0.25) is 0 Å². The smallest absolute Gasteiger partial charge is 0.425 e. The highest BCUT2D eigenvalue weighted by Crippen LogP contribution is 2.17. The summed E-state index contributed by atoms with van der Waals surface area (Å²) in [6.45, 7) is 2.74. The first-order chi connectivity index (χ1) is 4.88. The number of carbonyl (C=O) groups excluding carboxylic acids is 1. The molecule has 0 aromatic carbocycles. The second-order valence-electron chi connectivity index (χ2n) is 1.79. The molecule has 0 heterocycles. The van der Waals surface area contributed by atoms with Gasteiger partial charge in [-0.15, -0.1) is 0 Å². The Morgan fingerprint density at radius 3 is 2.18 bits per heavy atom. The third-order valence-electron chi connectivity index (χ3n) is 0.892. The minimum Gasteiger partial charge on any atom is -0.425 e. The predicted octanol–water partition coefficient (Wildman–Crippen LogP) is 2.02. The van der Waals surface area contributed by atoms with Crippen molar-refractivity contribution in [1.82, 2.24) is 0 Å². The van der Waals surface area contributed by atoms with E-state index in [-0.39, 0.29) is 5.76 Å². The van der Waals surface area contributed by atoms with Crippen LogP contribution in [0.4, 0.5) is 13.2 Å². The Labute approximate surface area is 61.6 Å². The SMILES string of the molecule is C/C=C(\C)OC(=O)C(F)(F)F. The Morgan fingerprint density at radius 1 is 1.45 bits per heavy atom. The second-order valence-corrected chi connectivity index (χ2v) is 1.79. The molecule has 0 radical (unpaired) electrons. The van der Waals surface area contributed by atoms with Crippen LogP contribution in [-0.4, -0.2) is 12.1 Å². The summed E-state index contributed by atoms with van der Waals surface area (Å²) >= 11 is 0. The van der Waals surface area contributed by atoms with Crippen LogP contribution in [0.5, 0.6) is 0 Å². The van der Waals surface area contributed by atoms with Crippen molar-refractivity contribution in [3.05, 3.63) is 11.8 Å². The molecule has 11 heavy (non-hydrogen) atoms. The molecule has 0 aliphatic rings. The molecule has 64 valence electrons. The van der Waals surface area contributed by atoms with E-state index in [1.54, 1.807) is 0 Å². The number of ether oxygens (including phenoxy) is 1. The highest BCUT2D eigenvalue weighted by Gasteiger charge is 2.41. The third-order valence-corrected chi connectivity index (χ3v) is 0.892. The van der Waals surface area contributed by atoms with E-state index in [0.717, 1.165) is 0 Å². The molecule has 0 unspecified atom stereocenters. The lowest BCUT2D eigenvalue weighted by molar-refractivity contribution is -0.195. The van der Waals surface area contributed by atoms with E-state index in [0.29, 0.717) is 0 Å². The summed E-state index contributed by atoms with van der Waals surface area (Å²) in [7, 11) is 0. The molecule has 0 rings (SSSR count). The first-order valence-corrected chi connectivity index (χ1v) is 2.80. The number of carbonyl (C=O) groups is 1. The Morgan fingerprint density at radius 2 is 1.91 bits per heavy atom. The first kappa shape index (κ1) is 10.0. The minimum absolute atomic E-state index is 0.0627. The second kappa shape index (κ2) is 3.41. The van der Waals surface area contributed by atoms with E-state index in [4.69, 9.17) is 0 Å². The minimum atomic E-state index is -4.91. The van der Waals surface area contributed by atoms with Crippen LogP contribution in [0.3, 0.4) is 0 Å². The first-order valence-electron chi connectivity index (χ1n) is 2.80. The normalized spacial score (nSPS) is 13.0. The fourth-order valence-electron chi connectivity index (χ4n) is 0.263. The van der Waals surface area contributed by atoms with Gasteiger partial charge in [-0.25, -0.2) is 4.79 Å². The van der Waals surface area contributed by atoms with Crippen molar-refractivity contribution in [2.75, 3.05) is 0 Å². The molecule has 0 fully saturated rings. The average Bonchev–Trinajstić information content (AvgIpc) is 1.85. The Bertz CT molecular complexity index is 181. The molecule has 0 atom stereocenters. The lowest BCUT2D eigenvalue weighted by atomic mass is 10.5. The Kier molecular flexibility index (Phi) is 3.10. The lowest BCUT2D eigenvalue weighted by Crippen LogP contribution is -2.24. The zero-order valence-corrected chi connectivity index (χ0v) is 6.03. The largest absolute Gasteiger partial charge is 0.491 e. The molecule has 5 heteroatoms. The zero-order valence-electron chi connectivity index (χ0n) is 6.03. The summed E-state index contributed by atoms with van der Waals surface area (Å²) in [6.07, 6.45) is -3.64. The quantitative estimate of drug-likeness (QED) is 0.442. The molecule has 0 saturated carbocycles. The Hall–Kier alpha value is -1.00. The fraction of sp³-hybridized carbons (Fsp3) is 0.500. The molecular formula is C6H7F3O2. The van der Waals surface area contributed by atoms with Crippen molar-refractivity contribution in [2.24, 2.45) is 0 Å². The number of hydrogen-bond donors (Lipinski definition) is 0. The molecule has 0 amide bonds. The van der Waals surface area contributed by atoms with Gasteiger partial charge in [0, 0.05) is 0 Å². The highest BCUT2D eigenvalue weighted by atomic mass is 19.4. The molecule has 0 aromatic rings. The fourth-order valence-corrected chi connectivity index (χ4v) is 0.263. The van der Waals surface area contributed by atoms with Gasteiger partial charge < -0.3 is 4.74 Å². The van der Waals surface area contributed by atoms with E-state index in [9.17, 15) is 18.0 Å². The molecule has 0 aliphatic carbocycles. The van der Waals surface area contributed by atoms with Gasteiger partial charge in [-0.1, -0.05) is 0 Å². The maximum Gasteiger partial charge on any atom is 0.491 e. The van der Waals surface area contributed by atoms with Crippen LogP contribution in [0, 0.1) is 0 Å².